The topological polar surface area (TPSA) is 12.5 Å². The van der Waals surface area contributed by atoms with Crippen molar-refractivity contribution >= 4 is 0 Å². The molecule has 0 amide bonds. The lowest BCUT2D eigenvalue weighted by Gasteiger charge is -2.27. The number of rotatable bonds is 2. The van der Waals surface area contributed by atoms with E-state index in [9.17, 15) is 0 Å². The predicted octanol–water partition coefficient (Wildman–Crippen LogP) is 1.24. The molecule has 0 spiro atoms. The van der Waals surface area contributed by atoms with E-state index in [1.54, 1.807) is 0 Å². The van der Waals surface area contributed by atoms with Crippen molar-refractivity contribution in [3.05, 3.63) is 12.2 Å². The van der Waals surface area contributed by atoms with Gasteiger partial charge in [-0.25, -0.2) is 0 Å². The van der Waals surface area contributed by atoms with Gasteiger partial charge in [-0.3, -0.25) is 4.90 Å². The van der Waals surface area contributed by atoms with Crippen LogP contribution in [0.3, 0.4) is 0 Å². The van der Waals surface area contributed by atoms with Gasteiger partial charge in [-0.05, 0) is 26.5 Å². The normalized spacial score (nSPS) is 27.2. The van der Waals surface area contributed by atoms with Crippen LogP contribution in [-0.4, -0.2) is 31.3 Å². The number of ether oxygens (including phenoxy) is 1. The molecular formula is C8H15NO. The Hall–Kier alpha value is -0.340. The van der Waals surface area contributed by atoms with Crippen LogP contribution in [0, 0.1) is 0 Å². The van der Waals surface area contributed by atoms with Crippen molar-refractivity contribution in [2.45, 2.75) is 19.6 Å². The van der Waals surface area contributed by atoms with E-state index >= 15 is 0 Å². The fraction of sp³-hybridized carbons (Fsp3) is 0.750. The van der Waals surface area contributed by atoms with Crippen LogP contribution in [0.15, 0.2) is 12.2 Å². The SMILES string of the molecule is CCOC1C=CCCN1C. The molecule has 0 aromatic rings. The molecule has 10 heavy (non-hydrogen) atoms. The fourth-order valence-electron chi connectivity index (χ4n) is 1.12. The Morgan fingerprint density at radius 2 is 2.50 bits per heavy atom. The van der Waals surface area contributed by atoms with E-state index in [4.69, 9.17) is 4.74 Å². The number of hydrogen-bond acceptors (Lipinski definition) is 2. The first-order valence-corrected chi connectivity index (χ1v) is 3.83. The predicted molar refractivity (Wildman–Crippen MR) is 41.8 cm³/mol. The zero-order chi connectivity index (χ0) is 7.40. The van der Waals surface area contributed by atoms with Gasteiger partial charge in [0.05, 0.1) is 0 Å². The van der Waals surface area contributed by atoms with Crippen molar-refractivity contribution in [3.8, 4) is 0 Å². The van der Waals surface area contributed by atoms with Gasteiger partial charge >= 0.3 is 0 Å². The van der Waals surface area contributed by atoms with Gasteiger partial charge in [-0.2, -0.15) is 0 Å². The largest absolute Gasteiger partial charge is 0.360 e. The monoisotopic (exact) mass is 141 g/mol. The van der Waals surface area contributed by atoms with Gasteiger partial charge in [-0.1, -0.05) is 6.08 Å². The summed E-state index contributed by atoms with van der Waals surface area (Å²) >= 11 is 0. The highest BCUT2D eigenvalue weighted by Gasteiger charge is 2.12. The summed E-state index contributed by atoms with van der Waals surface area (Å²) in [6.45, 7) is 3.93. The van der Waals surface area contributed by atoms with Crippen LogP contribution >= 0.6 is 0 Å². The molecule has 1 unspecified atom stereocenters. The van der Waals surface area contributed by atoms with Crippen molar-refractivity contribution < 1.29 is 4.74 Å². The third-order valence-corrected chi connectivity index (χ3v) is 1.72. The highest BCUT2D eigenvalue weighted by Crippen LogP contribution is 2.07. The van der Waals surface area contributed by atoms with Crippen LogP contribution in [0.5, 0.6) is 0 Å². The molecule has 0 saturated heterocycles. The molecule has 1 aliphatic heterocycles. The molecule has 1 rings (SSSR count). The van der Waals surface area contributed by atoms with Crippen LogP contribution in [0.4, 0.5) is 0 Å². The summed E-state index contributed by atoms with van der Waals surface area (Å²) < 4.78 is 5.43. The first kappa shape index (κ1) is 7.76. The minimum Gasteiger partial charge on any atom is -0.360 e. The molecule has 0 saturated carbocycles. The second-order valence-corrected chi connectivity index (χ2v) is 2.54. The second-order valence-electron chi connectivity index (χ2n) is 2.54. The Morgan fingerprint density at radius 3 is 3.10 bits per heavy atom. The lowest BCUT2D eigenvalue weighted by Crippen LogP contribution is -2.35. The molecule has 1 heterocycles. The van der Waals surface area contributed by atoms with Crippen LogP contribution in [0.25, 0.3) is 0 Å². The summed E-state index contributed by atoms with van der Waals surface area (Å²) in [6.07, 6.45) is 5.67. The first-order valence-electron chi connectivity index (χ1n) is 3.83. The highest BCUT2D eigenvalue weighted by molar-refractivity contribution is 4.93. The number of hydrogen-bond donors (Lipinski definition) is 0. The van der Waals surface area contributed by atoms with Crippen LogP contribution < -0.4 is 0 Å². The Morgan fingerprint density at radius 1 is 1.70 bits per heavy atom. The Kier molecular flexibility index (Phi) is 2.90. The Bertz CT molecular complexity index is 122. The van der Waals surface area contributed by atoms with E-state index in [2.05, 4.69) is 24.1 Å². The molecule has 0 aliphatic carbocycles. The van der Waals surface area contributed by atoms with Gasteiger partial charge in [0.15, 0.2) is 0 Å². The standard InChI is InChI=1S/C8H15NO/c1-3-10-8-6-4-5-7-9(8)2/h4,6,8H,3,5,7H2,1-2H3. The van der Waals surface area contributed by atoms with Gasteiger partial charge in [0.1, 0.15) is 6.23 Å². The van der Waals surface area contributed by atoms with Crippen molar-refractivity contribution in [2.24, 2.45) is 0 Å². The maximum absolute atomic E-state index is 5.43. The van der Waals surface area contributed by atoms with Crippen molar-refractivity contribution in [1.82, 2.24) is 4.90 Å². The third-order valence-electron chi connectivity index (χ3n) is 1.72. The Labute approximate surface area is 62.5 Å². The van der Waals surface area contributed by atoms with Crippen molar-refractivity contribution in [3.63, 3.8) is 0 Å². The molecule has 0 fully saturated rings. The fourth-order valence-corrected chi connectivity index (χ4v) is 1.12. The van der Waals surface area contributed by atoms with E-state index < -0.39 is 0 Å². The minimum atomic E-state index is 0.221. The van der Waals surface area contributed by atoms with Gasteiger partial charge in [0.25, 0.3) is 0 Å². The summed E-state index contributed by atoms with van der Waals surface area (Å²) in [7, 11) is 2.09. The van der Waals surface area contributed by atoms with Gasteiger partial charge < -0.3 is 4.74 Å². The molecule has 0 N–H and O–H groups in total. The second kappa shape index (κ2) is 3.74. The van der Waals surface area contributed by atoms with Crippen LogP contribution in [0.2, 0.25) is 0 Å². The average molecular weight is 141 g/mol. The third kappa shape index (κ3) is 1.82. The van der Waals surface area contributed by atoms with Gasteiger partial charge in [0, 0.05) is 13.2 Å². The number of likely N-dealkylation sites (N-methyl/N-ethyl adjacent to an activating group) is 1. The summed E-state index contributed by atoms with van der Waals surface area (Å²) in [5, 5.41) is 0. The van der Waals surface area contributed by atoms with E-state index in [0.29, 0.717) is 0 Å². The quantitative estimate of drug-likeness (QED) is 0.536. The first-order chi connectivity index (χ1) is 4.84. The molecule has 1 atom stereocenters. The van der Waals surface area contributed by atoms with Crippen molar-refractivity contribution in [1.29, 1.82) is 0 Å². The minimum absolute atomic E-state index is 0.221. The summed E-state index contributed by atoms with van der Waals surface area (Å²) in [6, 6.07) is 0. The summed E-state index contributed by atoms with van der Waals surface area (Å²) in [5.74, 6) is 0. The molecule has 2 heteroatoms. The van der Waals surface area contributed by atoms with E-state index in [1.165, 1.54) is 0 Å². The summed E-state index contributed by atoms with van der Waals surface area (Å²) in [4.78, 5) is 2.21. The maximum Gasteiger partial charge on any atom is 0.129 e. The zero-order valence-electron chi connectivity index (χ0n) is 6.71. The van der Waals surface area contributed by atoms with E-state index in [-0.39, 0.29) is 6.23 Å². The molecule has 2 nitrogen and oxygen atoms in total. The number of nitrogens with zero attached hydrogens (tertiary/aromatic N) is 1. The van der Waals surface area contributed by atoms with Crippen LogP contribution in [-0.2, 0) is 4.74 Å². The smallest absolute Gasteiger partial charge is 0.129 e. The zero-order valence-corrected chi connectivity index (χ0v) is 6.71. The highest BCUT2D eigenvalue weighted by atomic mass is 16.5. The van der Waals surface area contributed by atoms with Gasteiger partial charge in [-0.15, -0.1) is 0 Å². The van der Waals surface area contributed by atoms with E-state index in [1.807, 2.05) is 6.92 Å². The molecular weight excluding hydrogens is 126 g/mol. The molecule has 58 valence electrons. The van der Waals surface area contributed by atoms with E-state index in [0.717, 1.165) is 19.6 Å². The molecule has 0 bridgehead atoms. The molecule has 0 aromatic heterocycles. The van der Waals surface area contributed by atoms with Crippen LogP contribution in [0.1, 0.15) is 13.3 Å². The molecule has 0 aromatic carbocycles. The average Bonchev–Trinajstić information content (AvgIpc) is 1.94. The maximum atomic E-state index is 5.43. The lowest BCUT2D eigenvalue weighted by molar-refractivity contribution is -0.0119. The van der Waals surface area contributed by atoms with Gasteiger partial charge in [0.2, 0.25) is 0 Å². The molecule has 1 aliphatic rings. The lowest BCUT2D eigenvalue weighted by atomic mass is 10.2. The molecule has 0 radical (unpaired) electrons. The Balaban J connectivity index is 2.39. The van der Waals surface area contributed by atoms with Crippen molar-refractivity contribution in [2.75, 3.05) is 20.2 Å². The summed E-state index contributed by atoms with van der Waals surface area (Å²) in [5.41, 5.74) is 0.